The predicted molar refractivity (Wildman–Crippen MR) is 111 cm³/mol. The van der Waals surface area contributed by atoms with Crippen molar-refractivity contribution in [3.8, 4) is 0 Å². The normalized spacial score (nSPS) is 18.7. The Kier molecular flexibility index (Phi) is 6.31. The second-order valence-corrected chi connectivity index (χ2v) is 7.62. The number of likely N-dealkylation sites (tertiary alicyclic amines) is 1. The maximum absolute atomic E-state index is 12.9. The van der Waals surface area contributed by atoms with Crippen LogP contribution in [-0.4, -0.2) is 42.0 Å². The minimum absolute atomic E-state index is 0.124. The predicted octanol–water partition coefficient (Wildman–Crippen LogP) is 4.22. The molecule has 1 fully saturated rings. The highest BCUT2D eigenvalue weighted by atomic mass is 79.9. The average molecular weight is 444 g/mol. The number of halogens is 1. The number of ketones is 1. The number of amides is 1. The summed E-state index contributed by atoms with van der Waals surface area (Å²) in [5.74, 6) is -1.41. The molecule has 1 atom stereocenters. The van der Waals surface area contributed by atoms with E-state index < -0.39 is 17.7 Å². The Hall–Kier alpha value is -2.44. The molecule has 0 aliphatic carbocycles. The molecule has 28 heavy (non-hydrogen) atoms. The number of aryl methyl sites for hydroxylation is 1. The Morgan fingerprint density at radius 1 is 1.14 bits per heavy atom. The van der Waals surface area contributed by atoms with Gasteiger partial charge in [-0.1, -0.05) is 52.3 Å². The molecule has 146 valence electrons. The van der Waals surface area contributed by atoms with Gasteiger partial charge >= 0.3 is 0 Å². The molecule has 1 unspecified atom stereocenters. The Morgan fingerprint density at radius 2 is 1.82 bits per heavy atom. The number of hydrogen-bond donors (Lipinski definition) is 1. The Bertz CT molecular complexity index is 920. The van der Waals surface area contributed by atoms with Gasteiger partial charge < -0.3 is 14.7 Å². The van der Waals surface area contributed by atoms with Crippen LogP contribution in [0.3, 0.4) is 0 Å². The zero-order valence-electron chi connectivity index (χ0n) is 15.8. The van der Waals surface area contributed by atoms with Crippen LogP contribution in [0.25, 0.3) is 5.76 Å². The molecule has 2 aromatic carbocycles. The highest BCUT2D eigenvalue weighted by molar-refractivity contribution is 9.10. The van der Waals surface area contributed by atoms with E-state index in [-0.39, 0.29) is 11.3 Å². The van der Waals surface area contributed by atoms with Crippen molar-refractivity contribution in [1.29, 1.82) is 0 Å². The molecule has 1 amide bonds. The lowest BCUT2D eigenvalue weighted by atomic mass is 9.92. The third kappa shape index (κ3) is 3.88. The van der Waals surface area contributed by atoms with E-state index in [1.807, 2.05) is 31.2 Å². The SMILES string of the molecule is COCCCN1C(=O)C(=O)/C(=C(\O)c2ccc(Br)cc2)C1c1ccccc1C. The van der Waals surface area contributed by atoms with Gasteiger partial charge in [0.05, 0.1) is 11.6 Å². The number of hydrogen-bond acceptors (Lipinski definition) is 4. The molecule has 2 aromatic rings. The van der Waals surface area contributed by atoms with Crippen LogP contribution in [0.15, 0.2) is 58.6 Å². The smallest absolute Gasteiger partial charge is 0.295 e. The number of Topliss-reactive ketones (excluding diaryl/α,β-unsaturated/α-hetero) is 1. The lowest BCUT2D eigenvalue weighted by Gasteiger charge is -2.26. The molecule has 0 saturated carbocycles. The van der Waals surface area contributed by atoms with E-state index in [0.29, 0.717) is 25.1 Å². The Labute approximate surface area is 172 Å². The minimum atomic E-state index is -0.661. The third-order valence-electron chi connectivity index (χ3n) is 4.89. The molecule has 1 saturated heterocycles. The number of carbonyl (C=O) groups excluding carboxylic acids is 2. The number of carbonyl (C=O) groups is 2. The fourth-order valence-corrected chi connectivity index (χ4v) is 3.73. The monoisotopic (exact) mass is 443 g/mol. The van der Waals surface area contributed by atoms with Gasteiger partial charge in [-0.15, -0.1) is 0 Å². The highest BCUT2D eigenvalue weighted by Gasteiger charge is 2.46. The molecule has 0 aromatic heterocycles. The van der Waals surface area contributed by atoms with Gasteiger partial charge in [-0.3, -0.25) is 9.59 Å². The first-order valence-corrected chi connectivity index (χ1v) is 9.83. The molecule has 0 radical (unpaired) electrons. The van der Waals surface area contributed by atoms with E-state index in [4.69, 9.17) is 4.74 Å². The summed E-state index contributed by atoms with van der Waals surface area (Å²) in [6.45, 7) is 2.79. The molecular formula is C22H22BrNO4. The van der Waals surface area contributed by atoms with E-state index in [2.05, 4.69) is 15.9 Å². The maximum Gasteiger partial charge on any atom is 0.295 e. The molecule has 1 N–H and O–H groups in total. The number of nitrogens with zero attached hydrogens (tertiary/aromatic N) is 1. The van der Waals surface area contributed by atoms with Crippen LogP contribution >= 0.6 is 15.9 Å². The molecule has 3 rings (SSSR count). The van der Waals surface area contributed by atoms with E-state index in [1.54, 1.807) is 31.4 Å². The van der Waals surface area contributed by atoms with E-state index >= 15 is 0 Å². The van der Waals surface area contributed by atoms with Crippen molar-refractivity contribution >= 4 is 33.4 Å². The zero-order valence-corrected chi connectivity index (χ0v) is 17.4. The standard InChI is InChI=1S/C22H22BrNO4/c1-14-6-3-4-7-17(14)19-18(20(25)15-8-10-16(23)11-9-15)21(26)22(27)24(19)12-5-13-28-2/h3-4,6-11,19,25H,5,12-13H2,1-2H3/b20-18-. The van der Waals surface area contributed by atoms with Gasteiger partial charge in [0.1, 0.15) is 5.76 Å². The van der Waals surface area contributed by atoms with Crippen LogP contribution in [0, 0.1) is 6.92 Å². The molecule has 1 heterocycles. The number of benzene rings is 2. The summed E-state index contributed by atoms with van der Waals surface area (Å²) >= 11 is 3.36. The quantitative estimate of drug-likeness (QED) is 0.314. The topological polar surface area (TPSA) is 66.8 Å². The lowest BCUT2D eigenvalue weighted by molar-refractivity contribution is -0.140. The van der Waals surface area contributed by atoms with Gasteiger partial charge in [-0.25, -0.2) is 0 Å². The van der Waals surface area contributed by atoms with Crippen molar-refractivity contribution in [3.05, 3.63) is 75.3 Å². The van der Waals surface area contributed by atoms with Crippen molar-refractivity contribution < 1.29 is 19.4 Å². The van der Waals surface area contributed by atoms with Gasteiger partial charge in [0.15, 0.2) is 0 Å². The number of rotatable bonds is 6. The van der Waals surface area contributed by atoms with E-state index in [9.17, 15) is 14.7 Å². The van der Waals surface area contributed by atoms with Crippen LogP contribution < -0.4 is 0 Å². The Balaban J connectivity index is 2.14. The van der Waals surface area contributed by atoms with Crippen LogP contribution in [0.4, 0.5) is 0 Å². The largest absolute Gasteiger partial charge is 0.507 e. The summed E-state index contributed by atoms with van der Waals surface area (Å²) in [5.41, 5.74) is 2.40. The number of methoxy groups -OCH3 is 1. The van der Waals surface area contributed by atoms with Gasteiger partial charge in [-0.05, 0) is 36.6 Å². The number of aliphatic hydroxyl groups is 1. The summed E-state index contributed by atoms with van der Waals surface area (Å²) in [6, 6.07) is 14.0. The van der Waals surface area contributed by atoms with Gasteiger partial charge in [0.2, 0.25) is 0 Å². The lowest BCUT2D eigenvalue weighted by Crippen LogP contribution is -2.31. The molecular weight excluding hydrogens is 422 g/mol. The van der Waals surface area contributed by atoms with E-state index in [0.717, 1.165) is 15.6 Å². The fraction of sp³-hybridized carbons (Fsp3) is 0.273. The summed E-state index contributed by atoms with van der Waals surface area (Å²) in [5, 5.41) is 11.0. The number of ether oxygens (including phenoxy) is 1. The first-order chi connectivity index (χ1) is 13.5. The van der Waals surface area contributed by atoms with Crippen molar-refractivity contribution in [1.82, 2.24) is 4.90 Å². The molecule has 1 aliphatic rings. The summed E-state index contributed by atoms with van der Waals surface area (Å²) in [6.07, 6.45) is 0.601. The summed E-state index contributed by atoms with van der Waals surface area (Å²) in [4.78, 5) is 27.2. The second kappa shape index (κ2) is 8.71. The average Bonchev–Trinajstić information content (AvgIpc) is 2.93. The van der Waals surface area contributed by atoms with Gasteiger partial charge in [-0.2, -0.15) is 0 Å². The van der Waals surface area contributed by atoms with Crippen LogP contribution in [-0.2, 0) is 14.3 Å². The second-order valence-electron chi connectivity index (χ2n) is 6.70. The summed E-state index contributed by atoms with van der Waals surface area (Å²) in [7, 11) is 1.60. The Morgan fingerprint density at radius 3 is 2.46 bits per heavy atom. The highest BCUT2D eigenvalue weighted by Crippen LogP contribution is 2.40. The van der Waals surface area contributed by atoms with Gasteiger partial charge in [0, 0.05) is 30.3 Å². The first kappa shape index (κ1) is 20.3. The first-order valence-electron chi connectivity index (χ1n) is 9.04. The maximum atomic E-state index is 12.9. The molecule has 5 nitrogen and oxygen atoms in total. The molecule has 6 heteroatoms. The van der Waals surface area contributed by atoms with Crippen molar-refractivity contribution in [2.75, 3.05) is 20.3 Å². The molecule has 0 spiro atoms. The number of aliphatic hydroxyl groups excluding tert-OH is 1. The summed E-state index contributed by atoms with van der Waals surface area (Å²) < 4.78 is 5.96. The minimum Gasteiger partial charge on any atom is -0.507 e. The van der Waals surface area contributed by atoms with Crippen molar-refractivity contribution in [2.45, 2.75) is 19.4 Å². The molecule has 1 aliphatic heterocycles. The van der Waals surface area contributed by atoms with Crippen molar-refractivity contribution in [3.63, 3.8) is 0 Å². The van der Waals surface area contributed by atoms with E-state index in [1.165, 1.54) is 4.90 Å². The van der Waals surface area contributed by atoms with Crippen LogP contribution in [0.2, 0.25) is 0 Å². The van der Waals surface area contributed by atoms with Gasteiger partial charge in [0.25, 0.3) is 11.7 Å². The zero-order chi connectivity index (χ0) is 20.3. The van der Waals surface area contributed by atoms with Crippen molar-refractivity contribution in [2.24, 2.45) is 0 Å². The molecule has 0 bridgehead atoms. The van der Waals surface area contributed by atoms with Crippen LogP contribution in [0.1, 0.15) is 29.2 Å². The van der Waals surface area contributed by atoms with Crippen LogP contribution in [0.5, 0.6) is 0 Å². The fourth-order valence-electron chi connectivity index (χ4n) is 3.47. The third-order valence-corrected chi connectivity index (χ3v) is 5.42.